The van der Waals surface area contributed by atoms with Gasteiger partial charge in [-0.25, -0.2) is 9.97 Å². The van der Waals surface area contributed by atoms with E-state index in [9.17, 15) is 0 Å². The Labute approximate surface area is 153 Å². The number of unbranched alkanes of at least 4 members (excludes halogenated alkanes) is 1. The number of thiazole rings is 1. The summed E-state index contributed by atoms with van der Waals surface area (Å²) in [5.41, 5.74) is 1.15. The number of anilines is 1. The van der Waals surface area contributed by atoms with Gasteiger partial charge in [0.05, 0.1) is 15.2 Å². The molecule has 0 unspecified atom stereocenters. The van der Waals surface area contributed by atoms with Gasteiger partial charge in [0.2, 0.25) is 0 Å². The van der Waals surface area contributed by atoms with Gasteiger partial charge in [-0.3, -0.25) is 4.90 Å². The molecule has 1 aliphatic rings. The fourth-order valence-electron chi connectivity index (χ4n) is 3.38. The molecule has 0 radical (unpaired) electrons. The summed E-state index contributed by atoms with van der Waals surface area (Å²) in [6.07, 6.45) is 5.46. The number of pyridine rings is 1. The Bertz CT molecular complexity index is 761. The van der Waals surface area contributed by atoms with Crippen molar-refractivity contribution in [2.75, 3.05) is 37.6 Å². The Morgan fingerprint density at radius 3 is 2.56 bits per heavy atom. The van der Waals surface area contributed by atoms with E-state index in [4.69, 9.17) is 4.98 Å². The summed E-state index contributed by atoms with van der Waals surface area (Å²) in [5, 5.41) is 1.28. The number of hydrogen-bond donors (Lipinski definition) is 0. The molecule has 4 rings (SSSR count). The monoisotopic (exact) mass is 352 g/mol. The van der Waals surface area contributed by atoms with Gasteiger partial charge in [0.1, 0.15) is 5.82 Å². The number of aryl methyl sites for hydroxylation is 1. The van der Waals surface area contributed by atoms with E-state index in [2.05, 4.69) is 51.2 Å². The maximum Gasteiger partial charge on any atom is 0.128 e. The summed E-state index contributed by atoms with van der Waals surface area (Å²) in [6, 6.07) is 14.6. The van der Waals surface area contributed by atoms with Crippen LogP contribution in [0.25, 0.3) is 10.2 Å². The summed E-state index contributed by atoms with van der Waals surface area (Å²) in [4.78, 5) is 14.2. The van der Waals surface area contributed by atoms with Crippen LogP contribution in [0.2, 0.25) is 0 Å². The molecule has 5 heteroatoms. The second kappa shape index (κ2) is 7.93. The number of nitrogens with zero attached hydrogens (tertiary/aromatic N) is 4. The van der Waals surface area contributed by atoms with E-state index in [0.717, 1.165) is 43.9 Å². The number of piperazine rings is 1. The zero-order valence-corrected chi connectivity index (χ0v) is 15.3. The van der Waals surface area contributed by atoms with Crippen molar-refractivity contribution in [3.05, 3.63) is 53.7 Å². The van der Waals surface area contributed by atoms with Gasteiger partial charge in [-0.2, -0.15) is 0 Å². The summed E-state index contributed by atoms with van der Waals surface area (Å²) < 4.78 is 1.31. The summed E-state index contributed by atoms with van der Waals surface area (Å²) >= 11 is 1.84. The average molecular weight is 353 g/mol. The molecule has 2 aromatic heterocycles. The van der Waals surface area contributed by atoms with Crippen molar-refractivity contribution < 1.29 is 0 Å². The third-order valence-electron chi connectivity index (χ3n) is 4.80. The van der Waals surface area contributed by atoms with E-state index in [1.807, 2.05) is 23.6 Å². The molecule has 3 heterocycles. The minimum Gasteiger partial charge on any atom is -0.354 e. The molecule has 1 aromatic carbocycles. The van der Waals surface area contributed by atoms with Gasteiger partial charge in [-0.05, 0) is 50.1 Å². The van der Waals surface area contributed by atoms with Crippen molar-refractivity contribution in [2.45, 2.75) is 19.3 Å². The molecular formula is C20H24N4S. The lowest BCUT2D eigenvalue weighted by molar-refractivity contribution is 0.252. The lowest BCUT2D eigenvalue weighted by Crippen LogP contribution is -2.46. The van der Waals surface area contributed by atoms with Crippen molar-refractivity contribution in [1.82, 2.24) is 14.9 Å². The third-order valence-corrected chi connectivity index (χ3v) is 5.89. The topological polar surface area (TPSA) is 32.3 Å². The van der Waals surface area contributed by atoms with Gasteiger partial charge in [0, 0.05) is 32.4 Å². The maximum absolute atomic E-state index is 4.73. The highest BCUT2D eigenvalue weighted by molar-refractivity contribution is 7.18. The number of aromatic nitrogens is 2. The normalized spacial score (nSPS) is 15.8. The Morgan fingerprint density at radius 1 is 0.920 bits per heavy atom. The van der Waals surface area contributed by atoms with Crippen LogP contribution in [0.3, 0.4) is 0 Å². The molecule has 3 aromatic rings. The molecule has 4 nitrogen and oxygen atoms in total. The van der Waals surface area contributed by atoms with Crippen LogP contribution in [0.4, 0.5) is 5.82 Å². The van der Waals surface area contributed by atoms with Gasteiger partial charge in [-0.1, -0.05) is 18.2 Å². The quantitative estimate of drug-likeness (QED) is 0.631. The van der Waals surface area contributed by atoms with Crippen molar-refractivity contribution >= 4 is 27.4 Å². The molecular weight excluding hydrogens is 328 g/mol. The van der Waals surface area contributed by atoms with Crippen molar-refractivity contribution in [3.63, 3.8) is 0 Å². The average Bonchev–Trinajstić information content (AvgIpc) is 3.09. The van der Waals surface area contributed by atoms with E-state index in [1.165, 1.54) is 29.1 Å². The Morgan fingerprint density at radius 2 is 1.76 bits per heavy atom. The zero-order valence-electron chi connectivity index (χ0n) is 14.5. The number of rotatable bonds is 6. The second-order valence-electron chi connectivity index (χ2n) is 6.55. The highest BCUT2D eigenvalue weighted by atomic mass is 32.1. The summed E-state index contributed by atoms with van der Waals surface area (Å²) in [7, 11) is 0. The fraction of sp³-hybridized carbons (Fsp3) is 0.400. The predicted molar refractivity (Wildman–Crippen MR) is 105 cm³/mol. The SMILES string of the molecule is c1ccc(N2CCN(CCCCc3nc4ccccc4s3)CC2)nc1. The standard InChI is InChI=1S/C20H24N4S/c1-2-8-18-17(7-1)22-20(25-18)10-4-6-12-23-13-15-24(16-14-23)19-9-3-5-11-21-19/h1-3,5,7-9,11H,4,6,10,12-16H2. The van der Waals surface area contributed by atoms with Gasteiger partial charge >= 0.3 is 0 Å². The first-order valence-electron chi connectivity index (χ1n) is 9.11. The van der Waals surface area contributed by atoms with Gasteiger partial charge in [0.25, 0.3) is 0 Å². The van der Waals surface area contributed by atoms with Crippen molar-refractivity contribution in [2.24, 2.45) is 0 Å². The molecule has 0 bridgehead atoms. The van der Waals surface area contributed by atoms with Crippen LogP contribution >= 0.6 is 11.3 Å². The summed E-state index contributed by atoms with van der Waals surface area (Å²) in [5.74, 6) is 1.11. The van der Waals surface area contributed by atoms with E-state index < -0.39 is 0 Å². The first-order chi connectivity index (χ1) is 12.4. The van der Waals surface area contributed by atoms with E-state index in [0.29, 0.717) is 0 Å². The number of para-hydroxylation sites is 1. The number of benzene rings is 1. The molecule has 0 saturated carbocycles. The van der Waals surface area contributed by atoms with Crippen molar-refractivity contribution in [1.29, 1.82) is 0 Å². The van der Waals surface area contributed by atoms with Crippen LogP contribution in [0.5, 0.6) is 0 Å². The highest BCUT2D eigenvalue weighted by Gasteiger charge is 2.17. The Hall–Kier alpha value is -1.98. The van der Waals surface area contributed by atoms with E-state index >= 15 is 0 Å². The third kappa shape index (κ3) is 4.17. The van der Waals surface area contributed by atoms with Crippen molar-refractivity contribution in [3.8, 4) is 0 Å². The molecule has 0 aliphatic carbocycles. The first-order valence-corrected chi connectivity index (χ1v) is 9.93. The lowest BCUT2D eigenvalue weighted by Gasteiger charge is -2.35. The molecule has 1 aliphatic heterocycles. The lowest BCUT2D eigenvalue weighted by atomic mass is 10.2. The van der Waals surface area contributed by atoms with E-state index in [1.54, 1.807) is 0 Å². The number of fused-ring (bicyclic) bond motifs is 1. The van der Waals surface area contributed by atoms with Crippen LogP contribution in [-0.4, -0.2) is 47.6 Å². The fourth-order valence-corrected chi connectivity index (χ4v) is 4.39. The van der Waals surface area contributed by atoms with Crippen LogP contribution in [0.15, 0.2) is 48.7 Å². The first kappa shape index (κ1) is 16.5. The molecule has 1 fully saturated rings. The van der Waals surface area contributed by atoms with Crippen LogP contribution in [-0.2, 0) is 6.42 Å². The molecule has 0 N–H and O–H groups in total. The molecule has 1 saturated heterocycles. The van der Waals surface area contributed by atoms with Crippen LogP contribution < -0.4 is 4.90 Å². The zero-order chi connectivity index (χ0) is 16.9. The molecule has 0 atom stereocenters. The highest BCUT2D eigenvalue weighted by Crippen LogP contribution is 2.22. The van der Waals surface area contributed by atoms with Gasteiger partial charge < -0.3 is 4.90 Å². The molecule has 130 valence electrons. The number of hydrogen-bond acceptors (Lipinski definition) is 5. The van der Waals surface area contributed by atoms with Crippen LogP contribution in [0.1, 0.15) is 17.8 Å². The minimum atomic E-state index is 1.08. The predicted octanol–water partition coefficient (Wildman–Crippen LogP) is 3.84. The van der Waals surface area contributed by atoms with Crippen LogP contribution in [0, 0.1) is 0 Å². The largest absolute Gasteiger partial charge is 0.354 e. The van der Waals surface area contributed by atoms with Gasteiger partial charge in [0.15, 0.2) is 0 Å². The summed E-state index contributed by atoms with van der Waals surface area (Å²) in [6.45, 7) is 5.63. The molecule has 25 heavy (non-hydrogen) atoms. The Kier molecular flexibility index (Phi) is 5.23. The van der Waals surface area contributed by atoms with E-state index in [-0.39, 0.29) is 0 Å². The second-order valence-corrected chi connectivity index (χ2v) is 7.66. The molecule has 0 amide bonds. The minimum absolute atomic E-state index is 1.08. The van der Waals surface area contributed by atoms with Gasteiger partial charge in [-0.15, -0.1) is 11.3 Å². The molecule has 0 spiro atoms. The maximum atomic E-state index is 4.73. The Balaban J connectivity index is 1.18. The smallest absolute Gasteiger partial charge is 0.128 e.